The van der Waals surface area contributed by atoms with E-state index in [2.05, 4.69) is 11.8 Å². The van der Waals surface area contributed by atoms with Crippen LogP contribution in [0.4, 0.5) is 0 Å². The molecule has 0 spiro atoms. The van der Waals surface area contributed by atoms with Crippen molar-refractivity contribution in [2.45, 2.75) is 25.8 Å². The normalized spacial score (nSPS) is 32.6. The molecule has 2 saturated heterocycles. The number of likely N-dealkylation sites (N-methyl/N-ethyl adjacent to an activating group) is 1. The first-order valence-electron chi connectivity index (χ1n) is 7.10. The quantitative estimate of drug-likeness (QED) is 0.763. The highest BCUT2D eigenvalue weighted by Gasteiger charge is 2.38. The minimum absolute atomic E-state index is 0.0963. The topological polar surface area (TPSA) is 69.9 Å². The molecular weight excluding hydrogens is 264 g/mol. The molecule has 6 nitrogen and oxygen atoms in total. The number of piperazine rings is 1. The maximum Gasteiger partial charge on any atom is 0.282 e. The van der Waals surface area contributed by atoms with E-state index in [1.165, 1.54) is 0 Å². The molecular formula is C12H26N4O2S. The molecule has 0 amide bonds. The Kier molecular flexibility index (Phi) is 4.84. The van der Waals surface area contributed by atoms with Crippen LogP contribution in [0.1, 0.15) is 19.8 Å². The SMILES string of the molecule is CC1CCCN(S(=O)(=O)N2CCN(C)CC2CN)C1. The molecule has 2 atom stereocenters. The van der Waals surface area contributed by atoms with Gasteiger partial charge in [-0.25, -0.2) is 0 Å². The second kappa shape index (κ2) is 6.05. The van der Waals surface area contributed by atoms with Crippen LogP contribution in [0, 0.1) is 5.92 Å². The minimum Gasteiger partial charge on any atom is -0.329 e. The van der Waals surface area contributed by atoms with Crippen molar-refractivity contribution in [3.8, 4) is 0 Å². The summed E-state index contributed by atoms with van der Waals surface area (Å²) in [4.78, 5) is 2.14. The molecule has 0 aromatic heterocycles. The van der Waals surface area contributed by atoms with E-state index in [0.717, 1.165) is 25.9 Å². The molecule has 19 heavy (non-hydrogen) atoms. The number of nitrogens with two attached hydrogens (primary N) is 1. The van der Waals surface area contributed by atoms with E-state index >= 15 is 0 Å². The molecule has 0 saturated carbocycles. The highest BCUT2D eigenvalue weighted by Crippen LogP contribution is 2.23. The van der Waals surface area contributed by atoms with Gasteiger partial charge in [0.25, 0.3) is 10.2 Å². The van der Waals surface area contributed by atoms with E-state index in [0.29, 0.717) is 32.1 Å². The molecule has 2 fully saturated rings. The minimum atomic E-state index is -3.34. The van der Waals surface area contributed by atoms with Crippen molar-refractivity contribution in [3.05, 3.63) is 0 Å². The monoisotopic (exact) mass is 290 g/mol. The zero-order valence-electron chi connectivity index (χ0n) is 12.0. The Bertz CT molecular complexity index is 401. The van der Waals surface area contributed by atoms with Gasteiger partial charge in [-0.05, 0) is 25.8 Å². The van der Waals surface area contributed by atoms with Crippen molar-refractivity contribution in [1.29, 1.82) is 0 Å². The maximum absolute atomic E-state index is 12.7. The standard InChI is InChI=1S/C12H26N4O2S/c1-11-4-3-5-15(9-11)19(17,18)16-7-6-14(2)10-12(16)8-13/h11-12H,3-10,13H2,1-2H3. The lowest BCUT2D eigenvalue weighted by atomic mass is 10.0. The van der Waals surface area contributed by atoms with Crippen LogP contribution < -0.4 is 5.73 Å². The van der Waals surface area contributed by atoms with Gasteiger partial charge in [-0.3, -0.25) is 0 Å². The molecule has 0 aliphatic carbocycles. The number of hydrogen-bond donors (Lipinski definition) is 1. The van der Waals surface area contributed by atoms with Crippen LogP contribution in [0.2, 0.25) is 0 Å². The lowest BCUT2D eigenvalue weighted by molar-refractivity contribution is 0.150. The summed E-state index contributed by atoms with van der Waals surface area (Å²) in [5.74, 6) is 0.451. The van der Waals surface area contributed by atoms with Gasteiger partial charge in [0.1, 0.15) is 0 Å². The maximum atomic E-state index is 12.7. The zero-order valence-corrected chi connectivity index (χ0v) is 12.8. The largest absolute Gasteiger partial charge is 0.329 e. The summed E-state index contributed by atoms with van der Waals surface area (Å²) in [6.07, 6.45) is 2.08. The van der Waals surface area contributed by atoms with Crippen molar-refractivity contribution >= 4 is 10.2 Å². The van der Waals surface area contributed by atoms with E-state index in [1.807, 2.05) is 7.05 Å². The second-order valence-corrected chi connectivity index (χ2v) is 7.76. The van der Waals surface area contributed by atoms with Crippen LogP contribution in [0.25, 0.3) is 0 Å². The molecule has 2 heterocycles. The van der Waals surface area contributed by atoms with Gasteiger partial charge in [0.2, 0.25) is 0 Å². The van der Waals surface area contributed by atoms with Gasteiger partial charge in [0, 0.05) is 39.3 Å². The predicted octanol–water partition coefficient (Wildman–Crippen LogP) is -0.462. The molecule has 2 N–H and O–H groups in total. The fourth-order valence-corrected chi connectivity index (χ4v) is 4.94. The first-order chi connectivity index (χ1) is 8.95. The molecule has 0 bridgehead atoms. The number of rotatable bonds is 3. The third-order valence-electron chi connectivity index (χ3n) is 4.15. The Hall–Kier alpha value is -0.210. The number of piperidine rings is 1. The number of hydrogen-bond acceptors (Lipinski definition) is 4. The zero-order chi connectivity index (χ0) is 14.0. The summed E-state index contributed by atoms with van der Waals surface area (Å²) in [6.45, 7) is 5.84. The Morgan fingerprint density at radius 2 is 1.95 bits per heavy atom. The summed E-state index contributed by atoms with van der Waals surface area (Å²) in [5, 5.41) is 0. The van der Waals surface area contributed by atoms with Crippen LogP contribution in [0.3, 0.4) is 0 Å². The van der Waals surface area contributed by atoms with Crippen molar-refractivity contribution in [2.75, 3.05) is 46.3 Å². The van der Waals surface area contributed by atoms with Gasteiger partial charge in [-0.1, -0.05) is 6.92 Å². The molecule has 0 aromatic carbocycles. The van der Waals surface area contributed by atoms with Gasteiger partial charge in [0.15, 0.2) is 0 Å². The van der Waals surface area contributed by atoms with Crippen LogP contribution >= 0.6 is 0 Å². The third kappa shape index (κ3) is 3.28. The van der Waals surface area contributed by atoms with Crippen molar-refractivity contribution < 1.29 is 8.42 Å². The lowest BCUT2D eigenvalue weighted by Gasteiger charge is -2.42. The molecule has 0 aromatic rings. The second-order valence-electron chi connectivity index (χ2n) is 5.88. The third-order valence-corrected chi connectivity index (χ3v) is 6.20. The van der Waals surface area contributed by atoms with Crippen molar-refractivity contribution in [1.82, 2.24) is 13.5 Å². The van der Waals surface area contributed by atoms with Gasteiger partial charge in [-0.2, -0.15) is 17.0 Å². The first kappa shape index (κ1) is 15.2. The van der Waals surface area contributed by atoms with E-state index in [1.54, 1.807) is 8.61 Å². The van der Waals surface area contributed by atoms with E-state index in [-0.39, 0.29) is 6.04 Å². The summed E-state index contributed by atoms with van der Waals surface area (Å²) in [5.41, 5.74) is 5.76. The summed E-state index contributed by atoms with van der Waals surface area (Å²) < 4.78 is 28.7. The van der Waals surface area contributed by atoms with Crippen LogP contribution in [-0.2, 0) is 10.2 Å². The van der Waals surface area contributed by atoms with E-state index in [4.69, 9.17) is 5.73 Å². The number of nitrogens with zero attached hydrogens (tertiary/aromatic N) is 3. The van der Waals surface area contributed by atoms with Gasteiger partial charge < -0.3 is 10.6 Å². The fourth-order valence-electron chi connectivity index (χ4n) is 2.99. The molecule has 2 aliphatic heterocycles. The van der Waals surface area contributed by atoms with Gasteiger partial charge >= 0.3 is 0 Å². The first-order valence-corrected chi connectivity index (χ1v) is 8.50. The highest BCUT2D eigenvalue weighted by molar-refractivity contribution is 7.86. The molecule has 2 aliphatic rings. The molecule has 112 valence electrons. The Balaban J connectivity index is 2.13. The summed E-state index contributed by atoms with van der Waals surface area (Å²) >= 11 is 0. The summed E-state index contributed by atoms with van der Waals surface area (Å²) in [6, 6.07) is -0.0963. The van der Waals surface area contributed by atoms with Crippen LogP contribution in [-0.4, -0.2) is 74.3 Å². The summed E-state index contributed by atoms with van der Waals surface area (Å²) in [7, 11) is -1.33. The molecule has 0 radical (unpaired) electrons. The average Bonchev–Trinajstić information content (AvgIpc) is 2.38. The Morgan fingerprint density at radius 1 is 1.21 bits per heavy atom. The molecule has 7 heteroatoms. The smallest absolute Gasteiger partial charge is 0.282 e. The Labute approximate surface area is 116 Å². The highest BCUT2D eigenvalue weighted by atomic mass is 32.2. The van der Waals surface area contributed by atoms with Crippen molar-refractivity contribution in [2.24, 2.45) is 11.7 Å². The Morgan fingerprint density at radius 3 is 2.58 bits per heavy atom. The fraction of sp³-hybridized carbons (Fsp3) is 1.00. The predicted molar refractivity (Wildman–Crippen MR) is 75.9 cm³/mol. The van der Waals surface area contributed by atoms with E-state index < -0.39 is 10.2 Å². The van der Waals surface area contributed by atoms with Gasteiger partial charge in [-0.15, -0.1) is 0 Å². The van der Waals surface area contributed by atoms with Crippen LogP contribution in [0.15, 0.2) is 0 Å². The average molecular weight is 290 g/mol. The van der Waals surface area contributed by atoms with Crippen LogP contribution in [0.5, 0.6) is 0 Å². The lowest BCUT2D eigenvalue weighted by Crippen LogP contribution is -2.60. The molecule has 2 rings (SSSR count). The van der Waals surface area contributed by atoms with Crippen molar-refractivity contribution in [3.63, 3.8) is 0 Å². The molecule has 2 unspecified atom stereocenters. The van der Waals surface area contributed by atoms with E-state index in [9.17, 15) is 8.42 Å². The van der Waals surface area contributed by atoms with Gasteiger partial charge in [0.05, 0.1) is 6.04 Å².